The van der Waals surface area contributed by atoms with Gasteiger partial charge in [0.05, 0.1) is 0 Å². The molecule has 0 aromatic heterocycles. The van der Waals surface area contributed by atoms with Gasteiger partial charge in [0.1, 0.15) is 5.54 Å². The van der Waals surface area contributed by atoms with E-state index in [9.17, 15) is 9.90 Å². The largest absolute Gasteiger partial charge is 0.480 e. The zero-order valence-corrected chi connectivity index (χ0v) is 9.25. The van der Waals surface area contributed by atoms with E-state index in [2.05, 4.69) is 10.6 Å². The first kappa shape index (κ1) is 10.9. The van der Waals surface area contributed by atoms with Crippen molar-refractivity contribution in [3.63, 3.8) is 0 Å². The van der Waals surface area contributed by atoms with E-state index in [-0.39, 0.29) is 0 Å². The summed E-state index contributed by atoms with van der Waals surface area (Å²) in [5, 5.41) is 15.7. The molecule has 3 N–H and O–H groups in total. The molecule has 0 radical (unpaired) electrons. The van der Waals surface area contributed by atoms with Gasteiger partial charge in [0, 0.05) is 0 Å². The van der Waals surface area contributed by atoms with Gasteiger partial charge in [-0.1, -0.05) is 0 Å². The van der Waals surface area contributed by atoms with Crippen LogP contribution >= 0.6 is 0 Å². The van der Waals surface area contributed by atoms with Gasteiger partial charge < -0.3 is 15.7 Å². The fourth-order valence-electron chi connectivity index (χ4n) is 2.88. The van der Waals surface area contributed by atoms with E-state index in [4.69, 9.17) is 0 Å². The molecule has 2 fully saturated rings. The zero-order valence-electron chi connectivity index (χ0n) is 9.25. The fourth-order valence-corrected chi connectivity index (χ4v) is 2.88. The van der Waals surface area contributed by atoms with Gasteiger partial charge in [0.25, 0.3) is 0 Å². The van der Waals surface area contributed by atoms with Gasteiger partial charge in [-0.2, -0.15) is 0 Å². The van der Waals surface area contributed by atoms with Crippen molar-refractivity contribution < 1.29 is 9.90 Å². The number of hydrogen-bond donors (Lipinski definition) is 3. The Morgan fingerprint density at radius 2 is 2.07 bits per heavy atom. The Hall–Kier alpha value is -0.610. The van der Waals surface area contributed by atoms with Crippen LogP contribution in [0.2, 0.25) is 0 Å². The molecule has 4 nitrogen and oxygen atoms in total. The normalized spacial score (nSPS) is 41.7. The minimum absolute atomic E-state index is 0.572. The maximum Gasteiger partial charge on any atom is 0.323 e. The molecule has 0 aromatic rings. The van der Waals surface area contributed by atoms with E-state index < -0.39 is 11.5 Å². The summed E-state index contributed by atoms with van der Waals surface area (Å²) >= 11 is 0. The molecule has 3 atom stereocenters. The van der Waals surface area contributed by atoms with E-state index in [1.807, 2.05) is 6.92 Å². The van der Waals surface area contributed by atoms with E-state index in [1.165, 1.54) is 6.42 Å². The van der Waals surface area contributed by atoms with Crippen LogP contribution in [0.3, 0.4) is 0 Å². The van der Waals surface area contributed by atoms with Crippen LogP contribution in [0.1, 0.15) is 26.2 Å². The summed E-state index contributed by atoms with van der Waals surface area (Å²) in [5.74, 6) is 0.547. The highest BCUT2D eigenvalue weighted by molar-refractivity contribution is 5.78. The standard InChI is InChI=1S/C11H20N2O2/c1-11(10(14)15)6-8(3-5-13-11)9-2-4-12-7-9/h8-9,12-13H,2-7H2,1H3,(H,14,15). The Bertz CT molecular complexity index is 251. The molecular weight excluding hydrogens is 192 g/mol. The summed E-state index contributed by atoms with van der Waals surface area (Å²) in [6.45, 7) is 4.81. The summed E-state index contributed by atoms with van der Waals surface area (Å²) in [7, 11) is 0. The van der Waals surface area contributed by atoms with Gasteiger partial charge in [-0.25, -0.2) is 0 Å². The predicted molar refractivity (Wildman–Crippen MR) is 57.7 cm³/mol. The third-order valence-corrected chi connectivity index (χ3v) is 3.94. The number of carboxylic acids is 1. The molecule has 0 aromatic carbocycles. The molecule has 86 valence electrons. The molecule has 2 saturated heterocycles. The van der Waals surface area contributed by atoms with Crippen molar-refractivity contribution >= 4 is 5.97 Å². The average Bonchev–Trinajstić information content (AvgIpc) is 2.70. The summed E-state index contributed by atoms with van der Waals surface area (Å²) in [5.41, 5.74) is -0.703. The molecular formula is C11H20N2O2. The van der Waals surface area contributed by atoms with Crippen LogP contribution in [0.5, 0.6) is 0 Å². The number of aliphatic carboxylic acids is 1. The second-order valence-corrected chi connectivity index (χ2v) is 5.07. The minimum atomic E-state index is -0.710. The van der Waals surface area contributed by atoms with Gasteiger partial charge in [-0.15, -0.1) is 0 Å². The molecule has 0 aliphatic carbocycles. The summed E-state index contributed by atoms with van der Waals surface area (Å²) in [6.07, 6.45) is 3.10. The van der Waals surface area contributed by atoms with E-state index in [1.54, 1.807) is 0 Å². The van der Waals surface area contributed by atoms with Crippen molar-refractivity contribution in [2.75, 3.05) is 19.6 Å². The number of rotatable bonds is 2. The molecule has 0 bridgehead atoms. The lowest BCUT2D eigenvalue weighted by atomic mass is 9.76. The van der Waals surface area contributed by atoms with E-state index in [0.29, 0.717) is 11.8 Å². The van der Waals surface area contributed by atoms with Crippen molar-refractivity contribution in [2.45, 2.75) is 31.7 Å². The van der Waals surface area contributed by atoms with Crippen LogP contribution in [0.25, 0.3) is 0 Å². The van der Waals surface area contributed by atoms with Crippen LogP contribution in [0.4, 0.5) is 0 Å². The summed E-state index contributed by atoms with van der Waals surface area (Å²) in [4.78, 5) is 11.2. The Morgan fingerprint density at radius 3 is 2.67 bits per heavy atom. The smallest absolute Gasteiger partial charge is 0.323 e. The number of hydrogen-bond acceptors (Lipinski definition) is 3. The summed E-state index contributed by atoms with van der Waals surface area (Å²) in [6, 6.07) is 0. The quantitative estimate of drug-likeness (QED) is 0.621. The third kappa shape index (κ3) is 2.16. The Morgan fingerprint density at radius 1 is 1.33 bits per heavy atom. The van der Waals surface area contributed by atoms with Crippen molar-refractivity contribution in [1.82, 2.24) is 10.6 Å². The molecule has 2 aliphatic rings. The number of nitrogens with one attached hydrogen (secondary N) is 2. The van der Waals surface area contributed by atoms with Crippen molar-refractivity contribution in [1.29, 1.82) is 0 Å². The molecule has 2 heterocycles. The molecule has 2 aliphatic heterocycles. The number of carbonyl (C=O) groups is 1. The molecule has 0 amide bonds. The highest BCUT2D eigenvalue weighted by atomic mass is 16.4. The highest BCUT2D eigenvalue weighted by Crippen LogP contribution is 2.32. The van der Waals surface area contributed by atoms with Gasteiger partial charge >= 0.3 is 5.97 Å². The van der Waals surface area contributed by atoms with Crippen molar-refractivity contribution in [3.8, 4) is 0 Å². The predicted octanol–water partition coefficient (Wildman–Crippen LogP) is 0.439. The SMILES string of the molecule is CC1(C(=O)O)CC(C2CCNC2)CCN1. The maximum absolute atomic E-state index is 11.2. The van der Waals surface area contributed by atoms with Crippen LogP contribution in [-0.2, 0) is 4.79 Å². The van der Waals surface area contributed by atoms with Crippen molar-refractivity contribution in [2.24, 2.45) is 11.8 Å². The first-order chi connectivity index (χ1) is 7.12. The average molecular weight is 212 g/mol. The van der Waals surface area contributed by atoms with Gasteiger partial charge in [0.15, 0.2) is 0 Å². The second kappa shape index (κ2) is 4.10. The number of piperidine rings is 1. The second-order valence-electron chi connectivity index (χ2n) is 5.07. The van der Waals surface area contributed by atoms with Gasteiger partial charge in [-0.05, 0) is 57.7 Å². The summed E-state index contributed by atoms with van der Waals surface area (Å²) < 4.78 is 0. The Labute approximate surface area is 90.4 Å². The van der Waals surface area contributed by atoms with E-state index >= 15 is 0 Å². The first-order valence-electron chi connectivity index (χ1n) is 5.81. The molecule has 3 unspecified atom stereocenters. The lowest BCUT2D eigenvalue weighted by molar-refractivity contribution is -0.146. The zero-order chi connectivity index (χ0) is 10.9. The van der Waals surface area contributed by atoms with E-state index in [0.717, 1.165) is 32.5 Å². The Balaban J connectivity index is 2.00. The first-order valence-corrected chi connectivity index (χ1v) is 5.81. The number of carboxylic acid groups (broad SMARTS) is 1. The molecule has 0 saturated carbocycles. The molecule has 0 spiro atoms. The minimum Gasteiger partial charge on any atom is -0.480 e. The van der Waals surface area contributed by atoms with Crippen LogP contribution in [-0.4, -0.2) is 36.2 Å². The maximum atomic E-state index is 11.2. The molecule has 15 heavy (non-hydrogen) atoms. The van der Waals surface area contributed by atoms with Gasteiger partial charge in [0.2, 0.25) is 0 Å². The third-order valence-electron chi connectivity index (χ3n) is 3.94. The molecule has 4 heteroatoms. The van der Waals surface area contributed by atoms with Crippen LogP contribution in [0.15, 0.2) is 0 Å². The lowest BCUT2D eigenvalue weighted by Crippen LogP contribution is -2.55. The topological polar surface area (TPSA) is 61.4 Å². The highest BCUT2D eigenvalue weighted by Gasteiger charge is 2.41. The lowest BCUT2D eigenvalue weighted by Gasteiger charge is -2.38. The van der Waals surface area contributed by atoms with Crippen LogP contribution in [0, 0.1) is 11.8 Å². The monoisotopic (exact) mass is 212 g/mol. The van der Waals surface area contributed by atoms with Crippen LogP contribution < -0.4 is 10.6 Å². The fraction of sp³-hybridized carbons (Fsp3) is 0.909. The molecule has 2 rings (SSSR count). The Kier molecular flexibility index (Phi) is 2.98. The van der Waals surface area contributed by atoms with Gasteiger partial charge in [-0.3, -0.25) is 4.79 Å². The van der Waals surface area contributed by atoms with Crippen molar-refractivity contribution in [3.05, 3.63) is 0 Å².